The molecule has 21 heavy (non-hydrogen) atoms. The first-order valence-corrected chi connectivity index (χ1v) is 7.16. The number of non-ortho nitro benzene ring substituents is 1. The van der Waals surface area contributed by atoms with E-state index in [1.807, 2.05) is 6.07 Å². The fraction of sp³-hybridized carbons (Fsp3) is 0.294. The van der Waals surface area contributed by atoms with Crippen molar-refractivity contribution in [1.29, 1.82) is 0 Å². The molecule has 0 unspecified atom stereocenters. The molecule has 110 valence electrons. The van der Waals surface area contributed by atoms with E-state index >= 15 is 0 Å². The highest BCUT2D eigenvalue weighted by molar-refractivity contribution is 5.32. The maximum Gasteiger partial charge on any atom is 0.269 e. The SMILES string of the molecule is C[C@H](CCc1ccccc1)NCc1ccc([N+](=O)[O-])cc1. The number of hydrogen-bond acceptors (Lipinski definition) is 3. The predicted molar refractivity (Wildman–Crippen MR) is 84.2 cm³/mol. The molecule has 1 N–H and O–H groups in total. The van der Waals surface area contributed by atoms with Crippen molar-refractivity contribution in [1.82, 2.24) is 5.32 Å². The van der Waals surface area contributed by atoms with Crippen LogP contribution in [0.3, 0.4) is 0 Å². The van der Waals surface area contributed by atoms with Crippen LogP contribution >= 0.6 is 0 Å². The molecule has 0 aliphatic rings. The summed E-state index contributed by atoms with van der Waals surface area (Å²) in [5.41, 5.74) is 2.55. The molecule has 0 saturated heterocycles. The van der Waals surface area contributed by atoms with Gasteiger partial charge in [-0.2, -0.15) is 0 Å². The molecule has 0 aromatic heterocycles. The Morgan fingerprint density at radius 2 is 1.71 bits per heavy atom. The van der Waals surface area contributed by atoms with Gasteiger partial charge in [0.2, 0.25) is 0 Å². The number of nitrogens with zero attached hydrogens (tertiary/aromatic N) is 1. The van der Waals surface area contributed by atoms with Gasteiger partial charge in [-0.3, -0.25) is 10.1 Å². The van der Waals surface area contributed by atoms with Gasteiger partial charge in [0.05, 0.1) is 4.92 Å². The molecule has 2 aromatic rings. The summed E-state index contributed by atoms with van der Waals surface area (Å²) in [6.45, 7) is 2.89. The molecule has 2 aromatic carbocycles. The number of nitro benzene ring substituents is 1. The molecule has 4 nitrogen and oxygen atoms in total. The van der Waals surface area contributed by atoms with Crippen molar-refractivity contribution in [3.63, 3.8) is 0 Å². The van der Waals surface area contributed by atoms with Crippen LogP contribution in [-0.4, -0.2) is 11.0 Å². The first-order chi connectivity index (χ1) is 10.1. The van der Waals surface area contributed by atoms with Crippen LogP contribution in [0.5, 0.6) is 0 Å². The highest BCUT2D eigenvalue weighted by Gasteiger charge is 2.05. The van der Waals surface area contributed by atoms with E-state index in [1.54, 1.807) is 24.3 Å². The topological polar surface area (TPSA) is 55.2 Å². The van der Waals surface area contributed by atoms with Gasteiger partial charge in [-0.15, -0.1) is 0 Å². The Labute approximate surface area is 125 Å². The predicted octanol–water partition coefficient (Wildman–Crippen LogP) is 3.71. The average molecular weight is 284 g/mol. The fourth-order valence-electron chi connectivity index (χ4n) is 2.16. The van der Waals surface area contributed by atoms with Crippen LogP contribution in [0.1, 0.15) is 24.5 Å². The van der Waals surface area contributed by atoms with Gasteiger partial charge in [0, 0.05) is 24.7 Å². The molecule has 0 amide bonds. The lowest BCUT2D eigenvalue weighted by atomic mass is 10.1. The van der Waals surface area contributed by atoms with E-state index < -0.39 is 0 Å². The second-order valence-electron chi connectivity index (χ2n) is 5.23. The van der Waals surface area contributed by atoms with Crippen molar-refractivity contribution in [3.8, 4) is 0 Å². The minimum atomic E-state index is -0.375. The first kappa shape index (κ1) is 15.2. The number of nitrogens with one attached hydrogen (secondary N) is 1. The lowest BCUT2D eigenvalue weighted by Crippen LogP contribution is -2.25. The number of nitro groups is 1. The molecule has 0 bridgehead atoms. The van der Waals surface area contributed by atoms with Gasteiger partial charge in [-0.25, -0.2) is 0 Å². The van der Waals surface area contributed by atoms with Crippen LogP contribution < -0.4 is 5.32 Å². The van der Waals surface area contributed by atoms with Crippen molar-refractivity contribution in [2.45, 2.75) is 32.4 Å². The van der Waals surface area contributed by atoms with Gasteiger partial charge < -0.3 is 5.32 Å². The van der Waals surface area contributed by atoms with Gasteiger partial charge in [0.25, 0.3) is 5.69 Å². The van der Waals surface area contributed by atoms with Crippen LogP contribution in [0, 0.1) is 10.1 Å². The molecular formula is C17H20N2O2. The second kappa shape index (κ2) is 7.55. The Bertz CT molecular complexity index is 567. The summed E-state index contributed by atoms with van der Waals surface area (Å²) in [4.78, 5) is 10.2. The van der Waals surface area contributed by atoms with Crippen molar-refractivity contribution in [2.24, 2.45) is 0 Å². The minimum Gasteiger partial charge on any atom is -0.310 e. The summed E-state index contributed by atoms with van der Waals surface area (Å²) in [7, 11) is 0. The van der Waals surface area contributed by atoms with Crippen molar-refractivity contribution < 1.29 is 4.92 Å². The maximum absolute atomic E-state index is 10.6. The summed E-state index contributed by atoms with van der Waals surface area (Å²) < 4.78 is 0. The van der Waals surface area contributed by atoms with Crippen molar-refractivity contribution in [3.05, 3.63) is 75.8 Å². The van der Waals surface area contributed by atoms with Gasteiger partial charge >= 0.3 is 0 Å². The molecule has 0 aliphatic heterocycles. The van der Waals surface area contributed by atoms with E-state index in [9.17, 15) is 10.1 Å². The maximum atomic E-state index is 10.6. The molecule has 0 saturated carbocycles. The Morgan fingerprint density at radius 1 is 1.05 bits per heavy atom. The zero-order valence-electron chi connectivity index (χ0n) is 12.2. The standard InChI is InChI=1S/C17H20N2O2/c1-14(7-8-15-5-3-2-4-6-15)18-13-16-9-11-17(12-10-16)19(20)21/h2-6,9-12,14,18H,7-8,13H2,1H3/t14-/m1/s1. The number of benzene rings is 2. The Hall–Kier alpha value is -2.20. The van der Waals surface area contributed by atoms with Gasteiger partial charge in [-0.1, -0.05) is 42.5 Å². The lowest BCUT2D eigenvalue weighted by Gasteiger charge is -2.13. The zero-order valence-corrected chi connectivity index (χ0v) is 12.2. The molecule has 0 fully saturated rings. The highest BCUT2D eigenvalue weighted by atomic mass is 16.6. The lowest BCUT2D eigenvalue weighted by molar-refractivity contribution is -0.384. The third-order valence-corrected chi connectivity index (χ3v) is 3.51. The van der Waals surface area contributed by atoms with Gasteiger partial charge in [0.15, 0.2) is 0 Å². The smallest absolute Gasteiger partial charge is 0.269 e. The van der Waals surface area contributed by atoms with E-state index in [-0.39, 0.29) is 10.6 Å². The summed E-state index contributed by atoms with van der Waals surface area (Å²) in [5, 5.41) is 14.0. The molecule has 4 heteroatoms. The van der Waals surface area contributed by atoms with Gasteiger partial charge in [0.1, 0.15) is 0 Å². The third kappa shape index (κ3) is 5.00. The first-order valence-electron chi connectivity index (χ1n) is 7.16. The quantitative estimate of drug-likeness (QED) is 0.623. The zero-order chi connectivity index (χ0) is 15.1. The van der Waals surface area contributed by atoms with Crippen LogP contribution in [0.2, 0.25) is 0 Å². The summed E-state index contributed by atoms with van der Waals surface area (Å²) in [6, 6.07) is 17.5. The van der Waals surface area contributed by atoms with E-state index in [2.05, 4.69) is 36.5 Å². The van der Waals surface area contributed by atoms with Crippen LogP contribution in [-0.2, 0) is 13.0 Å². The minimum absolute atomic E-state index is 0.135. The average Bonchev–Trinajstić information content (AvgIpc) is 2.52. The van der Waals surface area contributed by atoms with Crippen LogP contribution in [0.15, 0.2) is 54.6 Å². The molecule has 0 radical (unpaired) electrons. The normalized spacial score (nSPS) is 12.0. The van der Waals surface area contributed by atoms with E-state index in [1.165, 1.54) is 5.56 Å². The Kier molecular flexibility index (Phi) is 5.46. The third-order valence-electron chi connectivity index (χ3n) is 3.51. The van der Waals surface area contributed by atoms with Crippen LogP contribution in [0.4, 0.5) is 5.69 Å². The van der Waals surface area contributed by atoms with E-state index in [0.29, 0.717) is 6.04 Å². The molecule has 1 atom stereocenters. The monoisotopic (exact) mass is 284 g/mol. The molecular weight excluding hydrogens is 264 g/mol. The summed E-state index contributed by atoms with van der Waals surface area (Å²) >= 11 is 0. The molecule has 0 spiro atoms. The van der Waals surface area contributed by atoms with E-state index in [0.717, 1.165) is 24.9 Å². The van der Waals surface area contributed by atoms with Crippen molar-refractivity contribution >= 4 is 5.69 Å². The fourth-order valence-corrected chi connectivity index (χ4v) is 2.16. The van der Waals surface area contributed by atoms with Gasteiger partial charge in [-0.05, 0) is 30.9 Å². The summed E-state index contributed by atoms with van der Waals surface area (Å²) in [5.74, 6) is 0. The number of aryl methyl sites for hydroxylation is 1. The largest absolute Gasteiger partial charge is 0.310 e. The summed E-state index contributed by atoms with van der Waals surface area (Å²) in [6.07, 6.45) is 2.12. The molecule has 0 heterocycles. The Morgan fingerprint density at radius 3 is 2.33 bits per heavy atom. The van der Waals surface area contributed by atoms with Crippen LogP contribution in [0.25, 0.3) is 0 Å². The number of hydrogen-bond donors (Lipinski definition) is 1. The number of rotatable bonds is 7. The van der Waals surface area contributed by atoms with Crippen molar-refractivity contribution in [2.75, 3.05) is 0 Å². The Balaban J connectivity index is 1.75. The van der Waals surface area contributed by atoms with E-state index in [4.69, 9.17) is 0 Å². The molecule has 0 aliphatic carbocycles. The molecule has 2 rings (SSSR count). The highest BCUT2D eigenvalue weighted by Crippen LogP contribution is 2.12. The second-order valence-corrected chi connectivity index (χ2v) is 5.23.